The van der Waals surface area contributed by atoms with E-state index in [1.54, 1.807) is 55.5 Å². The molecule has 8 heteroatoms. The Morgan fingerprint density at radius 2 is 2.00 bits per heavy atom. The fourth-order valence-corrected chi connectivity index (χ4v) is 3.73. The van der Waals surface area contributed by atoms with Crippen LogP contribution in [-0.4, -0.2) is 13.0 Å². The SMILES string of the molecule is COc1cc(/C=C(/C#N)C(=O)Nc2cccc(Cl)c2C)cc(Br)c1OCc1ccccc1F. The quantitative estimate of drug-likeness (QED) is 0.274. The van der Waals surface area contributed by atoms with Crippen molar-refractivity contribution in [2.24, 2.45) is 0 Å². The molecule has 3 aromatic rings. The second kappa shape index (κ2) is 11.0. The predicted octanol–water partition coefficient (Wildman–Crippen LogP) is 6.68. The minimum atomic E-state index is -0.571. The molecule has 0 aromatic heterocycles. The van der Waals surface area contributed by atoms with Crippen LogP contribution >= 0.6 is 27.5 Å². The minimum Gasteiger partial charge on any atom is -0.493 e. The molecule has 0 aliphatic carbocycles. The Hall–Kier alpha value is -3.34. The van der Waals surface area contributed by atoms with E-state index in [4.69, 9.17) is 21.1 Å². The van der Waals surface area contributed by atoms with Crippen molar-refractivity contribution in [1.29, 1.82) is 5.26 Å². The molecule has 0 saturated heterocycles. The van der Waals surface area contributed by atoms with Crippen LogP contribution < -0.4 is 14.8 Å². The van der Waals surface area contributed by atoms with Crippen molar-refractivity contribution >= 4 is 45.2 Å². The van der Waals surface area contributed by atoms with Gasteiger partial charge in [0, 0.05) is 16.3 Å². The van der Waals surface area contributed by atoms with E-state index >= 15 is 0 Å². The zero-order valence-electron chi connectivity index (χ0n) is 17.8. The van der Waals surface area contributed by atoms with E-state index in [0.717, 1.165) is 0 Å². The number of nitriles is 1. The highest BCUT2D eigenvalue weighted by atomic mass is 79.9. The molecule has 0 bridgehead atoms. The maximum atomic E-state index is 13.9. The van der Waals surface area contributed by atoms with Gasteiger partial charge < -0.3 is 14.8 Å². The molecule has 0 fully saturated rings. The number of nitrogens with one attached hydrogen (secondary N) is 1. The number of hydrogen-bond acceptors (Lipinski definition) is 4. The molecule has 168 valence electrons. The molecule has 0 saturated carbocycles. The number of benzene rings is 3. The Kier molecular flexibility index (Phi) is 8.10. The van der Waals surface area contributed by atoms with Gasteiger partial charge >= 0.3 is 0 Å². The van der Waals surface area contributed by atoms with Crippen molar-refractivity contribution in [3.05, 3.63) is 92.2 Å². The topological polar surface area (TPSA) is 71.3 Å². The largest absolute Gasteiger partial charge is 0.493 e. The van der Waals surface area contributed by atoms with E-state index in [2.05, 4.69) is 21.2 Å². The molecule has 0 heterocycles. The summed E-state index contributed by atoms with van der Waals surface area (Å²) in [5.74, 6) is -0.213. The van der Waals surface area contributed by atoms with Crippen LogP contribution in [0, 0.1) is 24.1 Å². The average molecular weight is 530 g/mol. The summed E-state index contributed by atoms with van der Waals surface area (Å²) in [5, 5.41) is 12.8. The number of carbonyl (C=O) groups excluding carboxylic acids is 1. The van der Waals surface area contributed by atoms with Crippen molar-refractivity contribution in [3.63, 3.8) is 0 Å². The monoisotopic (exact) mass is 528 g/mol. The average Bonchev–Trinajstić information content (AvgIpc) is 2.80. The Morgan fingerprint density at radius 1 is 1.24 bits per heavy atom. The minimum absolute atomic E-state index is 0.00164. The first-order chi connectivity index (χ1) is 15.8. The maximum absolute atomic E-state index is 13.9. The number of hydrogen-bond donors (Lipinski definition) is 1. The van der Waals surface area contributed by atoms with Crippen molar-refractivity contribution < 1.29 is 18.7 Å². The van der Waals surface area contributed by atoms with Gasteiger partial charge in [0.15, 0.2) is 11.5 Å². The maximum Gasteiger partial charge on any atom is 0.266 e. The summed E-state index contributed by atoms with van der Waals surface area (Å²) in [5.41, 5.74) is 2.04. The smallest absolute Gasteiger partial charge is 0.266 e. The van der Waals surface area contributed by atoms with E-state index < -0.39 is 5.91 Å². The lowest BCUT2D eigenvalue weighted by atomic mass is 10.1. The molecule has 0 aliphatic rings. The van der Waals surface area contributed by atoms with Gasteiger partial charge in [-0.3, -0.25) is 4.79 Å². The summed E-state index contributed by atoms with van der Waals surface area (Å²) in [7, 11) is 1.46. The van der Waals surface area contributed by atoms with Crippen LogP contribution in [0.3, 0.4) is 0 Å². The third-order valence-electron chi connectivity index (χ3n) is 4.77. The van der Waals surface area contributed by atoms with Crippen molar-refractivity contribution in [3.8, 4) is 17.6 Å². The third kappa shape index (κ3) is 5.92. The fourth-order valence-electron chi connectivity index (χ4n) is 2.98. The van der Waals surface area contributed by atoms with Crippen molar-refractivity contribution in [1.82, 2.24) is 0 Å². The van der Waals surface area contributed by atoms with E-state index in [-0.39, 0.29) is 18.0 Å². The normalized spacial score (nSPS) is 11.0. The molecule has 33 heavy (non-hydrogen) atoms. The fraction of sp³-hybridized carbons (Fsp3) is 0.120. The van der Waals surface area contributed by atoms with Crippen LogP contribution in [0.15, 0.2) is 64.6 Å². The highest BCUT2D eigenvalue weighted by Gasteiger charge is 2.15. The lowest BCUT2D eigenvalue weighted by molar-refractivity contribution is -0.112. The Balaban J connectivity index is 1.85. The number of amides is 1. The van der Waals surface area contributed by atoms with E-state index in [1.165, 1.54) is 19.3 Å². The summed E-state index contributed by atoms with van der Waals surface area (Å²) in [6.45, 7) is 1.78. The molecule has 0 radical (unpaired) electrons. The number of nitrogens with zero attached hydrogens (tertiary/aromatic N) is 1. The predicted molar refractivity (Wildman–Crippen MR) is 130 cm³/mol. The van der Waals surface area contributed by atoms with Crippen LogP contribution in [0.5, 0.6) is 11.5 Å². The molecule has 0 unspecified atom stereocenters. The van der Waals surface area contributed by atoms with Gasteiger partial charge in [-0.05, 0) is 70.4 Å². The Morgan fingerprint density at radius 3 is 2.70 bits per heavy atom. The highest BCUT2D eigenvalue weighted by Crippen LogP contribution is 2.38. The molecular weight excluding hydrogens is 511 g/mol. The summed E-state index contributed by atoms with van der Waals surface area (Å²) in [6, 6.07) is 16.7. The first-order valence-electron chi connectivity index (χ1n) is 9.76. The van der Waals surface area contributed by atoms with Gasteiger partial charge in [-0.25, -0.2) is 4.39 Å². The molecule has 0 atom stereocenters. The molecule has 5 nitrogen and oxygen atoms in total. The van der Waals surface area contributed by atoms with Gasteiger partial charge in [-0.1, -0.05) is 35.9 Å². The third-order valence-corrected chi connectivity index (χ3v) is 5.77. The van der Waals surface area contributed by atoms with Crippen LogP contribution in [-0.2, 0) is 11.4 Å². The molecule has 0 spiro atoms. The molecule has 0 aliphatic heterocycles. The summed E-state index contributed by atoms with van der Waals surface area (Å²) in [6.07, 6.45) is 1.43. The van der Waals surface area contributed by atoms with Crippen LogP contribution in [0.25, 0.3) is 6.08 Å². The number of methoxy groups -OCH3 is 1. The molecule has 3 aromatic carbocycles. The molecule has 1 amide bonds. The van der Waals surface area contributed by atoms with Crippen molar-refractivity contribution in [2.75, 3.05) is 12.4 Å². The first-order valence-corrected chi connectivity index (χ1v) is 10.9. The van der Waals surface area contributed by atoms with Gasteiger partial charge in [0.2, 0.25) is 0 Å². The van der Waals surface area contributed by atoms with E-state index in [1.807, 2.05) is 6.07 Å². The van der Waals surface area contributed by atoms with E-state index in [0.29, 0.717) is 43.4 Å². The lowest BCUT2D eigenvalue weighted by Crippen LogP contribution is -2.14. The number of rotatable bonds is 7. The summed E-state index contributed by atoms with van der Waals surface area (Å²) in [4.78, 5) is 12.7. The van der Waals surface area contributed by atoms with Gasteiger partial charge in [-0.2, -0.15) is 5.26 Å². The van der Waals surface area contributed by atoms with Crippen LogP contribution in [0.2, 0.25) is 5.02 Å². The molecule has 3 rings (SSSR count). The van der Waals surface area contributed by atoms with Crippen molar-refractivity contribution in [2.45, 2.75) is 13.5 Å². The number of halogens is 3. The van der Waals surface area contributed by atoms with Gasteiger partial charge in [0.05, 0.1) is 11.6 Å². The van der Waals surface area contributed by atoms with Gasteiger partial charge in [0.25, 0.3) is 5.91 Å². The first kappa shape index (κ1) is 24.3. The zero-order valence-corrected chi connectivity index (χ0v) is 20.1. The molecular formula is C25H19BrClFN2O3. The van der Waals surface area contributed by atoms with Crippen LogP contribution in [0.4, 0.5) is 10.1 Å². The van der Waals surface area contributed by atoms with Gasteiger partial charge in [0.1, 0.15) is 24.1 Å². The zero-order chi connectivity index (χ0) is 24.0. The Labute approximate surface area is 204 Å². The highest BCUT2D eigenvalue weighted by molar-refractivity contribution is 9.10. The second-order valence-electron chi connectivity index (χ2n) is 6.95. The lowest BCUT2D eigenvalue weighted by Gasteiger charge is -2.14. The van der Waals surface area contributed by atoms with Crippen LogP contribution in [0.1, 0.15) is 16.7 Å². The standard InChI is InChI=1S/C25H19BrClFN2O3/c1-15-20(27)7-5-9-22(15)30-25(31)18(13-29)10-16-11-19(26)24(23(12-16)32-2)33-14-17-6-3-4-8-21(17)28/h3-12H,14H2,1-2H3,(H,30,31)/b18-10-. The second-order valence-corrected chi connectivity index (χ2v) is 8.21. The summed E-state index contributed by atoms with van der Waals surface area (Å²) < 4.78 is 25.6. The number of anilines is 1. The Bertz CT molecular complexity index is 1270. The summed E-state index contributed by atoms with van der Waals surface area (Å²) >= 11 is 9.52. The van der Waals surface area contributed by atoms with Gasteiger partial charge in [-0.15, -0.1) is 0 Å². The number of ether oxygens (including phenoxy) is 2. The number of carbonyl (C=O) groups is 1. The van der Waals surface area contributed by atoms with E-state index in [9.17, 15) is 14.4 Å². The molecule has 1 N–H and O–H groups in total.